The highest BCUT2D eigenvalue weighted by Crippen LogP contribution is 2.25. The summed E-state index contributed by atoms with van der Waals surface area (Å²) < 4.78 is 37.1. The van der Waals surface area contributed by atoms with E-state index in [1.165, 1.54) is 12.1 Å². The normalized spacial score (nSPS) is 16.7. The quantitative estimate of drug-likeness (QED) is 0.377. The lowest BCUT2D eigenvalue weighted by Crippen LogP contribution is -2.47. The summed E-state index contributed by atoms with van der Waals surface area (Å²) in [5, 5.41) is 7.01. The number of aromatic nitrogens is 3. The number of rotatable bonds is 7. The number of morpholine rings is 1. The molecule has 2 aliphatic heterocycles. The first-order chi connectivity index (χ1) is 19.0. The molecule has 0 atom stereocenters. The van der Waals surface area contributed by atoms with E-state index in [-0.39, 0.29) is 18.0 Å². The lowest BCUT2D eigenvalue weighted by molar-refractivity contribution is -0.132. The Bertz CT molecular complexity index is 1460. The van der Waals surface area contributed by atoms with Crippen molar-refractivity contribution >= 4 is 28.6 Å². The van der Waals surface area contributed by atoms with Gasteiger partial charge in [0.25, 0.3) is 0 Å². The van der Waals surface area contributed by atoms with Crippen LogP contribution in [0.5, 0.6) is 0 Å². The molecule has 2 aromatic heterocycles. The van der Waals surface area contributed by atoms with E-state index in [0.717, 1.165) is 23.2 Å². The van der Waals surface area contributed by atoms with Gasteiger partial charge in [-0.15, -0.1) is 0 Å². The summed E-state index contributed by atoms with van der Waals surface area (Å²) in [5.74, 6) is -0.723. The molecule has 4 aromatic rings. The van der Waals surface area contributed by atoms with Gasteiger partial charge in [0.1, 0.15) is 17.3 Å². The minimum Gasteiger partial charge on any atom is -0.379 e. The maximum Gasteiger partial charge on any atom is 0.236 e. The molecule has 2 saturated heterocycles. The van der Waals surface area contributed by atoms with E-state index < -0.39 is 11.6 Å². The summed E-state index contributed by atoms with van der Waals surface area (Å²) >= 11 is 0. The molecule has 0 saturated carbocycles. The third-order valence-corrected chi connectivity index (χ3v) is 7.09. The first-order valence-corrected chi connectivity index (χ1v) is 13.0. The number of piperazine rings is 1. The van der Waals surface area contributed by atoms with Crippen LogP contribution in [0.3, 0.4) is 0 Å². The average Bonchev–Trinajstić information content (AvgIpc) is 3.37. The van der Waals surface area contributed by atoms with Gasteiger partial charge < -0.3 is 24.8 Å². The van der Waals surface area contributed by atoms with Crippen LogP contribution in [0.25, 0.3) is 16.7 Å². The van der Waals surface area contributed by atoms with Crippen LogP contribution in [-0.4, -0.2) is 76.2 Å². The molecular weight excluding hydrogens is 504 g/mol. The summed E-state index contributed by atoms with van der Waals surface area (Å²) in [6, 6.07) is 12.2. The molecule has 4 heterocycles. The van der Waals surface area contributed by atoms with Gasteiger partial charge in [-0.2, -0.15) is 4.98 Å². The van der Waals surface area contributed by atoms with Crippen LogP contribution in [0.4, 0.5) is 20.4 Å². The predicted octanol–water partition coefficient (Wildman–Crippen LogP) is 3.21. The van der Waals surface area contributed by atoms with Gasteiger partial charge in [-0.1, -0.05) is 12.1 Å². The molecule has 1 amide bonds. The number of hydrogen-bond donors (Lipinski definition) is 2. The van der Waals surface area contributed by atoms with Gasteiger partial charge in [0.2, 0.25) is 11.9 Å². The largest absolute Gasteiger partial charge is 0.379 e. The monoisotopic (exact) mass is 533 g/mol. The van der Waals surface area contributed by atoms with E-state index in [4.69, 9.17) is 4.74 Å². The second kappa shape index (κ2) is 11.0. The van der Waals surface area contributed by atoms with Crippen LogP contribution >= 0.6 is 0 Å². The Labute approximate surface area is 224 Å². The lowest BCUT2D eigenvalue weighted by Gasteiger charge is -2.27. The number of nitrogens with one attached hydrogen (secondary N) is 2. The molecule has 0 aliphatic carbocycles. The number of nitrogens with zero attached hydrogens (tertiary/aromatic N) is 5. The second-order valence-corrected chi connectivity index (χ2v) is 9.75. The van der Waals surface area contributed by atoms with Crippen LogP contribution in [0.2, 0.25) is 0 Å². The molecule has 0 unspecified atom stereocenters. The Morgan fingerprint density at radius 2 is 1.77 bits per heavy atom. The number of benzene rings is 2. The minimum absolute atomic E-state index is 0.0545. The van der Waals surface area contributed by atoms with Crippen LogP contribution < -0.4 is 10.6 Å². The topological polar surface area (TPSA) is 87.6 Å². The van der Waals surface area contributed by atoms with Crippen LogP contribution in [-0.2, 0) is 22.6 Å². The Morgan fingerprint density at radius 3 is 2.51 bits per heavy atom. The molecular formula is C28H29F2N7O2. The summed E-state index contributed by atoms with van der Waals surface area (Å²) in [6.45, 7) is 5.05. The first-order valence-electron chi connectivity index (χ1n) is 13.0. The fourth-order valence-corrected chi connectivity index (χ4v) is 4.91. The Hall–Kier alpha value is -3.93. The smallest absolute Gasteiger partial charge is 0.236 e. The zero-order valence-corrected chi connectivity index (χ0v) is 21.4. The third-order valence-electron chi connectivity index (χ3n) is 7.09. The number of anilines is 2. The Kier molecular flexibility index (Phi) is 7.18. The van der Waals surface area contributed by atoms with Crippen molar-refractivity contribution in [1.29, 1.82) is 0 Å². The van der Waals surface area contributed by atoms with Crippen LogP contribution in [0.1, 0.15) is 11.1 Å². The number of hydrogen-bond acceptors (Lipinski definition) is 7. The molecule has 0 bridgehead atoms. The summed E-state index contributed by atoms with van der Waals surface area (Å²) in [5.41, 5.74) is 2.75. The molecule has 0 radical (unpaired) electrons. The fourth-order valence-electron chi connectivity index (χ4n) is 4.91. The first kappa shape index (κ1) is 25.4. The number of amides is 1. The van der Waals surface area contributed by atoms with E-state index in [2.05, 4.69) is 20.6 Å². The van der Waals surface area contributed by atoms with Gasteiger partial charge in [0.15, 0.2) is 0 Å². The van der Waals surface area contributed by atoms with E-state index in [1.54, 1.807) is 17.0 Å². The predicted molar refractivity (Wildman–Crippen MR) is 143 cm³/mol. The number of ether oxygens (including phenoxy) is 1. The number of fused-ring (bicyclic) bond motifs is 1. The molecule has 39 heavy (non-hydrogen) atoms. The SMILES string of the molecule is O=C1CNCCN1Cc1ccc(Nc2ncc3ccn(-c4cc(F)c(CN5CCOCC5)c(F)c4)c3n2)cc1. The van der Waals surface area contributed by atoms with Gasteiger partial charge in [0.05, 0.1) is 25.4 Å². The molecule has 2 aromatic carbocycles. The summed E-state index contributed by atoms with van der Waals surface area (Å²) in [6.07, 6.45) is 3.40. The summed E-state index contributed by atoms with van der Waals surface area (Å²) in [4.78, 5) is 24.9. The van der Waals surface area contributed by atoms with Crippen molar-refractivity contribution < 1.29 is 18.3 Å². The number of carbonyl (C=O) groups is 1. The average molecular weight is 534 g/mol. The van der Waals surface area contributed by atoms with Crippen molar-refractivity contribution in [3.05, 3.63) is 77.6 Å². The zero-order valence-electron chi connectivity index (χ0n) is 21.4. The van der Waals surface area contributed by atoms with Crippen molar-refractivity contribution in [1.82, 2.24) is 29.7 Å². The minimum atomic E-state index is -0.589. The molecule has 9 nitrogen and oxygen atoms in total. The second-order valence-electron chi connectivity index (χ2n) is 9.75. The van der Waals surface area contributed by atoms with E-state index in [1.807, 2.05) is 40.1 Å². The highest BCUT2D eigenvalue weighted by molar-refractivity contribution is 5.79. The standard InChI is InChI=1S/C28H29F2N7O2/c29-24-13-22(14-25(30)23(24)18-35-9-11-39-12-10-35)37-7-5-20-15-32-28(34-27(20)37)33-21-3-1-19(2-4-21)17-36-8-6-31-16-26(36)38/h1-5,7,13-15,31H,6,8-12,16-18H2,(H,32,33,34). The molecule has 6 rings (SSSR count). The van der Waals surface area contributed by atoms with Crippen molar-refractivity contribution in [3.8, 4) is 5.69 Å². The van der Waals surface area contributed by atoms with Gasteiger partial charge in [0, 0.05) is 68.3 Å². The van der Waals surface area contributed by atoms with Gasteiger partial charge in [-0.05, 0) is 35.9 Å². The lowest BCUT2D eigenvalue weighted by atomic mass is 10.1. The highest BCUT2D eigenvalue weighted by Gasteiger charge is 2.19. The molecule has 202 valence electrons. The number of carbonyl (C=O) groups excluding carboxylic acids is 1. The van der Waals surface area contributed by atoms with Crippen molar-refractivity contribution in [3.63, 3.8) is 0 Å². The van der Waals surface area contributed by atoms with Crippen molar-refractivity contribution in [2.75, 3.05) is 51.3 Å². The molecule has 2 aliphatic rings. The maximum atomic E-state index is 15.0. The Balaban J connectivity index is 1.19. The van der Waals surface area contributed by atoms with Crippen LogP contribution in [0.15, 0.2) is 54.9 Å². The fraction of sp³-hybridized carbons (Fsp3) is 0.321. The number of halogens is 2. The Morgan fingerprint density at radius 1 is 1.00 bits per heavy atom. The molecule has 0 spiro atoms. The molecule has 2 fully saturated rings. The highest BCUT2D eigenvalue weighted by atomic mass is 19.1. The van der Waals surface area contributed by atoms with E-state index >= 15 is 8.78 Å². The maximum absolute atomic E-state index is 15.0. The molecule has 2 N–H and O–H groups in total. The van der Waals surface area contributed by atoms with Crippen molar-refractivity contribution in [2.45, 2.75) is 13.1 Å². The zero-order chi connectivity index (χ0) is 26.8. The van der Waals surface area contributed by atoms with Crippen molar-refractivity contribution in [2.24, 2.45) is 0 Å². The molecule has 11 heteroatoms. The van der Waals surface area contributed by atoms with Crippen LogP contribution in [0, 0.1) is 11.6 Å². The van der Waals surface area contributed by atoms with Gasteiger partial charge in [-0.25, -0.2) is 13.8 Å². The van der Waals surface area contributed by atoms with E-state index in [0.29, 0.717) is 63.2 Å². The van der Waals surface area contributed by atoms with Gasteiger partial charge >= 0.3 is 0 Å². The third kappa shape index (κ3) is 5.60. The van der Waals surface area contributed by atoms with Gasteiger partial charge in [-0.3, -0.25) is 9.69 Å². The van der Waals surface area contributed by atoms with E-state index in [9.17, 15) is 4.79 Å². The summed E-state index contributed by atoms with van der Waals surface area (Å²) in [7, 11) is 0.